The van der Waals surface area contributed by atoms with Crippen LogP contribution >= 0.6 is 0 Å². The molecule has 1 fully saturated rings. The van der Waals surface area contributed by atoms with Crippen LogP contribution in [0.25, 0.3) is 22.2 Å². The fourth-order valence-electron chi connectivity index (χ4n) is 5.10. The summed E-state index contributed by atoms with van der Waals surface area (Å²) in [7, 11) is 4.05. The number of nitrogens with zero attached hydrogens (tertiary/aromatic N) is 4. The molecule has 0 aliphatic carbocycles. The average Bonchev–Trinajstić information content (AvgIpc) is 3.54. The summed E-state index contributed by atoms with van der Waals surface area (Å²) in [5, 5.41) is 6.25. The van der Waals surface area contributed by atoms with Crippen molar-refractivity contribution in [1.82, 2.24) is 30.2 Å². The number of amides is 1. The van der Waals surface area contributed by atoms with E-state index in [0.29, 0.717) is 12.1 Å². The molecule has 3 N–H and O–H groups in total. The summed E-state index contributed by atoms with van der Waals surface area (Å²) < 4.78 is 7.46. The summed E-state index contributed by atoms with van der Waals surface area (Å²) >= 11 is 0. The lowest BCUT2D eigenvalue weighted by Crippen LogP contribution is -2.41. The van der Waals surface area contributed by atoms with Crippen molar-refractivity contribution in [3.63, 3.8) is 0 Å². The first-order chi connectivity index (χ1) is 16.6. The number of nitrogens with one attached hydrogen (secondary N) is 3. The number of aryl methyl sites for hydroxylation is 1. The predicted octanol–water partition coefficient (Wildman–Crippen LogP) is 2.33. The topological polar surface area (TPSA) is 89.9 Å². The number of fused-ring (bicyclic) bond motifs is 4. The van der Waals surface area contributed by atoms with E-state index in [9.17, 15) is 4.79 Å². The molecule has 1 unspecified atom stereocenters. The Kier molecular flexibility index (Phi) is 5.24. The number of hydrogen-bond acceptors (Lipinski definition) is 6. The number of carbonyl (C=O) groups excluding carboxylic acids is 1. The highest BCUT2D eigenvalue weighted by Crippen LogP contribution is 2.42. The number of aromatic amines is 1. The van der Waals surface area contributed by atoms with E-state index in [0.717, 1.165) is 72.0 Å². The molecule has 5 heterocycles. The van der Waals surface area contributed by atoms with Gasteiger partial charge in [-0.1, -0.05) is 6.07 Å². The number of benzene rings is 1. The van der Waals surface area contributed by atoms with Crippen LogP contribution in [-0.4, -0.2) is 78.0 Å². The zero-order valence-corrected chi connectivity index (χ0v) is 19.5. The molecule has 1 atom stereocenters. The van der Waals surface area contributed by atoms with Crippen LogP contribution in [0.5, 0.6) is 0 Å². The van der Waals surface area contributed by atoms with Crippen LogP contribution in [0.4, 0.5) is 5.82 Å². The number of ether oxygens (including phenoxy) is 1. The van der Waals surface area contributed by atoms with E-state index >= 15 is 0 Å². The Labute approximate surface area is 198 Å². The molecular weight excluding hydrogens is 430 g/mol. The molecular formula is C25H29N7O2. The van der Waals surface area contributed by atoms with E-state index in [1.807, 2.05) is 44.7 Å². The van der Waals surface area contributed by atoms with Crippen LogP contribution in [0.3, 0.4) is 0 Å². The zero-order chi connectivity index (χ0) is 23.2. The molecule has 3 aliphatic rings. The van der Waals surface area contributed by atoms with Crippen molar-refractivity contribution in [3.05, 3.63) is 53.4 Å². The Morgan fingerprint density at radius 2 is 2.09 bits per heavy atom. The number of aliphatic imine (C=N–C) groups is 1. The number of rotatable bonds is 5. The van der Waals surface area contributed by atoms with Crippen LogP contribution < -0.4 is 10.7 Å². The standard InChI is InChI=1S/C25H29N7O2/c1-30-15-20(21-12-19-23-17(14-28-31(23)2)13-27-24(19)29-21)18-4-3-16(11-22(18)30)25(33)26-5-6-32-7-9-34-10-8-32/h3-4,11-15,23,28-29H,5-10H2,1-2H3,(H,26,33). The minimum absolute atomic E-state index is 0.0429. The average molecular weight is 460 g/mol. The number of likely N-dealkylation sites (N-methyl/N-ethyl adjacent to an activating group) is 1. The SMILES string of the molecule is CN1NC=C2C=Nc3[nH]c(-c4cn(C)c5cc(C(=O)NCCN6CCOCC6)ccc45)cc3C21. The fraction of sp³-hybridized carbons (Fsp3) is 0.360. The van der Waals surface area contributed by atoms with Gasteiger partial charge >= 0.3 is 0 Å². The Morgan fingerprint density at radius 3 is 2.94 bits per heavy atom. The quantitative estimate of drug-likeness (QED) is 0.545. The van der Waals surface area contributed by atoms with Gasteiger partial charge in [0.15, 0.2) is 0 Å². The van der Waals surface area contributed by atoms with Gasteiger partial charge in [-0.15, -0.1) is 0 Å². The molecule has 9 nitrogen and oxygen atoms in total. The Bertz CT molecular complexity index is 1310. The molecule has 0 saturated carbocycles. The zero-order valence-electron chi connectivity index (χ0n) is 19.5. The lowest BCUT2D eigenvalue weighted by atomic mass is 9.99. The molecule has 1 amide bonds. The molecule has 2 aromatic heterocycles. The first-order valence-electron chi connectivity index (χ1n) is 11.7. The molecule has 9 heteroatoms. The molecule has 1 saturated heterocycles. The Balaban J connectivity index is 1.23. The van der Waals surface area contributed by atoms with Gasteiger partial charge in [-0.2, -0.15) is 0 Å². The minimum Gasteiger partial charge on any atom is -0.379 e. The normalized spacial score (nSPS) is 20.2. The van der Waals surface area contributed by atoms with Gasteiger partial charge in [0.2, 0.25) is 0 Å². The van der Waals surface area contributed by atoms with E-state index in [-0.39, 0.29) is 11.9 Å². The van der Waals surface area contributed by atoms with Gasteiger partial charge in [-0.05, 0) is 18.2 Å². The summed E-state index contributed by atoms with van der Waals surface area (Å²) in [5.74, 6) is 0.847. The Hall–Kier alpha value is -3.40. The van der Waals surface area contributed by atoms with Gasteiger partial charge in [0.25, 0.3) is 5.91 Å². The molecule has 6 rings (SSSR count). The second-order valence-electron chi connectivity index (χ2n) is 9.13. The number of hydrazine groups is 1. The first-order valence-corrected chi connectivity index (χ1v) is 11.7. The maximum atomic E-state index is 12.8. The lowest BCUT2D eigenvalue weighted by Gasteiger charge is -2.26. The molecule has 3 aromatic rings. The number of H-pyrrole nitrogens is 1. The van der Waals surface area contributed by atoms with E-state index < -0.39 is 0 Å². The number of aromatic nitrogens is 2. The highest BCUT2D eigenvalue weighted by Gasteiger charge is 2.32. The highest BCUT2D eigenvalue weighted by atomic mass is 16.5. The van der Waals surface area contributed by atoms with Gasteiger partial charge < -0.3 is 25.0 Å². The van der Waals surface area contributed by atoms with Crippen molar-refractivity contribution < 1.29 is 9.53 Å². The van der Waals surface area contributed by atoms with Gasteiger partial charge in [-0.25, -0.2) is 10.0 Å². The lowest BCUT2D eigenvalue weighted by molar-refractivity contribution is 0.0383. The van der Waals surface area contributed by atoms with Crippen molar-refractivity contribution in [3.8, 4) is 11.3 Å². The molecule has 176 valence electrons. The molecule has 34 heavy (non-hydrogen) atoms. The monoisotopic (exact) mass is 459 g/mol. The Morgan fingerprint density at radius 1 is 1.24 bits per heavy atom. The van der Waals surface area contributed by atoms with E-state index in [4.69, 9.17) is 4.74 Å². The van der Waals surface area contributed by atoms with E-state index in [1.54, 1.807) is 0 Å². The summed E-state index contributed by atoms with van der Waals surface area (Å²) in [5.41, 5.74) is 9.38. The smallest absolute Gasteiger partial charge is 0.251 e. The molecule has 1 aromatic carbocycles. The number of hydrogen-bond donors (Lipinski definition) is 3. The van der Waals surface area contributed by atoms with Crippen molar-refractivity contribution in [2.45, 2.75) is 6.04 Å². The largest absolute Gasteiger partial charge is 0.379 e. The van der Waals surface area contributed by atoms with Crippen molar-refractivity contribution in [1.29, 1.82) is 0 Å². The van der Waals surface area contributed by atoms with Gasteiger partial charge in [0, 0.05) is 97.7 Å². The summed E-state index contributed by atoms with van der Waals surface area (Å²) in [6, 6.07) is 8.26. The minimum atomic E-state index is -0.0429. The number of carbonyl (C=O) groups is 1. The van der Waals surface area contributed by atoms with Gasteiger partial charge in [0.1, 0.15) is 5.82 Å². The van der Waals surface area contributed by atoms with Gasteiger partial charge in [-0.3, -0.25) is 9.69 Å². The first kappa shape index (κ1) is 21.2. The fourth-order valence-corrected chi connectivity index (χ4v) is 5.10. The molecule has 0 radical (unpaired) electrons. The third kappa shape index (κ3) is 3.62. The van der Waals surface area contributed by atoms with Crippen LogP contribution in [0.1, 0.15) is 22.0 Å². The van der Waals surface area contributed by atoms with Crippen LogP contribution in [0.2, 0.25) is 0 Å². The molecule has 3 aliphatic heterocycles. The van der Waals surface area contributed by atoms with Crippen molar-refractivity contribution in [2.24, 2.45) is 12.0 Å². The number of morpholine rings is 1. The third-order valence-electron chi connectivity index (χ3n) is 6.96. The second-order valence-corrected chi connectivity index (χ2v) is 9.13. The van der Waals surface area contributed by atoms with E-state index in [2.05, 4.69) is 47.5 Å². The third-order valence-corrected chi connectivity index (χ3v) is 6.96. The van der Waals surface area contributed by atoms with Crippen molar-refractivity contribution in [2.75, 3.05) is 46.4 Å². The highest BCUT2D eigenvalue weighted by molar-refractivity contribution is 6.02. The van der Waals surface area contributed by atoms with Crippen LogP contribution in [-0.2, 0) is 11.8 Å². The van der Waals surface area contributed by atoms with Crippen LogP contribution in [0.15, 0.2) is 47.2 Å². The van der Waals surface area contributed by atoms with E-state index in [1.165, 1.54) is 0 Å². The summed E-state index contributed by atoms with van der Waals surface area (Å²) in [4.78, 5) is 23.2. The maximum absolute atomic E-state index is 12.8. The maximum Gasteiger partial charge on any atom is 0.251 e. The predicted molar refractivity (Wildman–Crippen MR) is 132 cm³/mol. The van der Waals surface area contributed by atoms with Crippen molar-refractivity contribution >= 4 is 28.8 Å². The van der Waals surface area contributed by atoms with Gasteiger partial charge in [0.05, 0.1) is 19.3 Å². The molecule has 0 bridgehead atoms. The summed E-state index contributed by atoms with van der Waals surface area (Å²) in [6.07, 6.45) is 6.02. The van der Waals surface area contributed by atoms with Crippen LogP contribution in [0, 0.1) is 0 Å². The second kappa shape index (κ2) is 8.43. The summed E-state index contributed by atoms with van der Waals surface area (Å²) in [6.45, 7) is 4.85. The molecule has 0 spiro atoms.